The van der Waals surface area contributed by atoms with Crippen molar-refractivity contribution in [3.63, 3.8) is 0 Å². The summed E-state index contributed by atoms with van der Waals surface area (Å²) in [5.74, 6) is -1.06. The largest absolute Gasteiger partial charge is 0.493 e. The van der Waals surface area contributed by atoms with Gasteiger partial charge in [0.25, 0.3) is 5.69 Å². The molecule has 2 aromatic rings. The van der Waals surface area contributed by atoms with E-state index in [1.165, 1.54) is 37.5 Å². The van der Waals surface area contributed by atoms with Crippen molar-refractivity contribution in [1.82, 2.24) is 0 Å². The predicted molar refractivity (Wildman–Crippen MR) is 117 cm³/mol. The fourth-order valence-corrected chi connectivity index (χ4v) is 3.21. The summed E-state index contributed by atoms with van der Waals surface area (Å²) in [4.78, 5) is 38.6. The maximum absolute atomic E-state index is 12.3. The number of carbonyl (C=O) groups excluding carboxylic acids is 2. The molecule has 0 saturated carbocycles. The van der Waals surface area contributed by atoms with E-state index in [2.05, 4.69) is 4.99 Å². The van der Waals surface area contributed by atoms with Gasteiger partial charge in [-0.2, -0.15) is 0 Å². The molecule has 0 aliphatic carbocycles. The number of nitrogens with zero attached hydrogens (tertiary/aromatic N) is 2. The molecule has 0 amide bonds. The van der Waals surface area contributed by atoms with Crippen LogP contribution in [0.1, 0.15) is 30.9 Å². The molecule has 2 aromatic carbocycles. The van der Waals surface area contributed by atoms with Gasteiger partial charge in [-0.3, -0.25) is 14.9 Å². The second kappa shape index (κ2) is 9.80. The van der Waals surface area contributed by atoms with Gasteiger partial charge >= 0.3 is 11.9 Å². The van der Waals surface area contributed by atoms with Crippen LogP contribution in [0.25, 0.3) is 6.08 Å². The number of esters is 2. The first-order valence-corrected chi connectivity index (χ1v) is 10.0. The Morgan fingerprint density at radius 1 is 1.25 bits per heavy atom. The summed E-state index contributed by atoms with van der Waals surface area (Å²) in [6.07, 6.45) is 2.23. The lowest BCUT2D eigenvalue weighted by atomic mass is 10.1. The number of cyclic esters (lactones) is 1. The summed E-state index contributed by atoms with van der Waals surface area (Å²) in [5, 5.41) is 11.1. The maximum atomic E-state index is 12.3. The standard InChI is InChI=1S/C21H16Cl2N2O7/c1-3-4-18(26)31-19-14(23)7-11(9-17(19)30-2)8-15-21(27)32-20(24-15)12-5-6-13(22)16(10-12)25(28)29/h5-10H,3-4H2,1-2H3/b15-8-. The predicted octanol–water partition coefficient (Wildman–Crippen LogP) is 4.96. The van der Waals surface area contributed by atoms with E-state index < -0.39 is 16.9 Å². The molecular formula is C21H16Cl2N2O7. The molecule has 1 aliphatic heterocycles. The van der Waals surface area contributed by atoms with Gasteiger partial charge < -0.3 is 14.2 Å². The number of hydrogen-bond acceptors (Lipinski definition) is 8. The quantitative estimate of drug-likeness (QED) is 0.181. The van der Waals surface area contributed by atoms with Gasteiger partial charge in [0.05, 0.1) is 17.1 Å². The molecule has 1 aliphatic rings. The van der Waals surface area contributed by atoms with Crippen LogP contribution in [0, 0.1) is 10.1 Å². The van der Waals surface area contributed by atoms with Gasteiger partial charge in [0.2, 0.25) is 5.90 Å². The van der Waals surface area contributed by atoms with Crippen LogP contribution in [0.3, 0.4) is 0 Å². The minimum absolute atomic E-state index is 0.0547. The molecule has 0 N–H and O–H groups in total. The number of hydrogen-bond donors (Lipinski definition) is 0. The fourth-order valence-electron chi connectivity index (χ4n) is 2.77. The van der Waals surface area contributed by atoms with Gasteiger partial charge in [-0.15, -0.1) is 0 Å². The van der Waals surface area contributed by atoms with Crippen molar-refractivity contribution in [2.75, 3.05) is 7.11 Å². The second-order valence-electron chi connectivity index (χ2n) is 6.52. The minimum atomic E-state index is -0.758. The number of rotatable bonds is 7. The number of nitro groups is 1. The number of halogens is 2. The van der Waals surface area contributed by atoms with Crippen molar-refractivity contribution in [2.45, 2.75) is 19.8 Å². The maximum Gasteiger partial charge on any atom is 0.363 e. The Bertz CT molecular complexity index is 1170. The van der Waals surface area contributed by atoms with Crippen LogP contribution in [-0.4, -0.2) is 29.9 Å². The Hall–Kier alpha value is -3.43. The molecule has 3 rings (SSSR count). The Balaban J connectivity index is 1.94. The Morgan fingerprint density at radius 3 is 2.66 bits per heavy atom. The normalized spacial score (nSPS) is 14.2. The SMILES string of the molecule is CCCC(=O)Oc1c(Cl)cc(/C=C2\N=C(c3ccc(Cl)c([N+](=O)[O-])c3)OC2=O)cc1OC. The van der Waals surface area contributed by atoms with Crippen LogP contribution < -0.4 is 9.47 Å². The first-order valence-electron chi connectivity index (χ1n) is 9.28. The van der Waals surface area contributed by atoms with Crippen molar-refractivity contribution in [3.05, 3.63) is 67.3 Å². The molecule has 9 nitrogen and oxygen atoms in total. The molecule has 32 heavy (non-hydrogen) atoms. The second-order valence-corrected chi connectivity index (χ2v) is 7.33. The Kier molecular flexibility index (Phi) is 7.12. The summed E-state index contributed by atoms with van der Waals surface area (Å²) in [6, 6.07) is 6.91. The summed E-state index contributed by atoms with van der Waals surface area (Å²) >= 11 is 12.1. The first kappa shape index (κ1) is 23.2. The smallest absolute Gasteiger partial charge is 0.363 e. The molecule has 166 valence electrons. The molecule has 0 radical (unpaired) electrons. The van der Waals surface area contributed by atoms with E-state index in [9.17, 15) is 19.7 Å². The van der Waals surface area contributed by atoms with Crippen molar-refractivity contribution in [2.24, 2.45) is 4.99 Å². The highest BCUT2D eigenvalue weighted by Crippen LogP contribution is 2.38. The molecule has 0 bridgehead atoms. The number of aliphatic imine (C=N–C) groups is 1. The number of carbonyl (C=O) groups is 2. The average Bonchev–Trinajstić information content (AvgIpc) is 3.10. The molecule has 0 saturated heterocycles. The highest BCUT2D eigenvalue weighted by Gasteiger charge is 2.26. The molecule has 1 heterocycles. The van der Waals surface area contributed by atoms with Gasteiger partial charge in [0.15, 0.2) is 17.2 Å². The number of methoxy groups -OCH3 is 1. The van der Waals surface area contributed by atoms with Gasteiger partial charge in [-0.1, -0.05) is 30.1 Å². The van der Waals surface area contributed by atoms with E-state index >= 15 is 0 Å². The highest BCUT2D eigenvalue weighted by molar-refractivity contribution is 6.33. The van der Waals surface area contributed by atoms with Crippen molar-refractivity contribution < 1.29 is 28.7 Å². The monoisotopic (exact) mass is 478 g/mol. The fraction of sp³-hybridized carbons (Fsp3) is 0.190. The van der Waals surface area contributed by atoms with E-state index in [0.717, 1.165) is 6.07 Å². The average molecular weight is 479 g/mol. The van der Waals surface area contributed by atoms with Crippen LogP contribution in [-0.2, 0) is 14.3 Å². The third kappa shape index (κ3) is 5.06. The Labute approximate surface area is 192 Å². The van der Waals surface area contributed by atoms with Crippen LogP contribution in [0.2, 0.25) is 10.0 Å². The van der Waals surface area contributed by atoms with Crippen molar-refractivity contribution in [1.29, 1.82) is 0 Å². The zero-order chi connectivity index (χ0) is 23.4. The molecule has 0 atom stereocenters. The molecule has 0 spiro atoms. The lowest BCUT2D eigenvalue weighted by molar-refractivity contribution is -0.384. The van der Waals surface area contributed by atoms with Crippen LogP contribution in [0.15, 0.2) is 41.0 Å². The van der Waals surface area contributed by atoms with E-state index in [1.54, 1.807) is 0 Å². The topological polar surface area (TPSA) is 117 Å². The lowest BCUT2D eigenvalue weighted by Gasteiger charge is -2.11. The molecule has 0 fully saturated rings. The van der Waals surface area contributed by atoms with Crippen LogP contribution >= 0.6 is 23.2 Å². The number of nitro benzene ring substituents is 1. The van der Waals surface area contributed by atoms with Gasteiger partial charge in [-0.05, 0) is 42.3 Å². The summed E-state index contributed by atoms with van der Waals surface area (Å²) in [7, 11) is 1.38. The third-order valence-corrected chi connectivity index (χ3v) is 4.84. The number of ether oxygens (including phenoxy) is 3. The first-order chi connectivity index (χ1) is 15.2. The van der Waals surface area contributed by atoms with Gasteiger partial charge in [-0.25, -0.2) is 9.79 Å². The Morgan fingerprint density at radius 2 is 2.00 bits per heavy atom. The minimum Gasteiger partial charge on any atom is -0.493 e. The van der Waals surface area contributed by atoms with E-state index in [-0.39, 0.29) is 50.8 Å². The zero-order valence-corrected chi connectivity index (χ0v) is 18.4. The van der Waals surface area contributed by atoms with E-state index in [0.29, 0.717) is 12.0 Å². The molecule has 0 aromatic heterocycles. The lowest BCUT2D eigenvalue weighted by Crippen LogP contribution is -2.08. The van der Waals surface area contributed by atoms with Crippen LogP contribution in [0.4, 0.5) is 5.69 Å². The molecule has 0 unspecified atom stereocenters. The van der Waals surface area contributed by atoms with Crippen molar-refractivity contribution >= 4 is 52.8 Å². The third-order valence-electron chi connectivity index (χ3n) is 4.24. The summed E-state index contributed by atoms with van der Waals surface area (Å²) in [5.41, 5.74) is 0.240. The van der Waals surface area contributed by atoms with E-state index in [4.69, 9.17) is 37.4 Å². The summed E-state index contributed by atoms with van der Waals surface area (Å²) < 4.78 is 15.7. The van der Waals surface area contributed by atoms with Crippen LogP contribution in [0.5, 0.6) is 11.5 Å². The van der Waals surface area contributed by atoms with Crippen molar-refractivity contribution in [3.8, 4) is 11.5 Å². The summed E-state index contributed by atoms with van der Waals surface area (Å²) in [6.45, 7) is 1.84. The van der Waals surface area contributed by atoms with E-state index in [1.807, 2.05) is 6.92 Å². The zero-order valence-electron chi connectivity index (χ0n) is 16.9. The van der Waals surface area contributed by atoms with Gasteiger partial charge in [0, 0.05) is 18.1 Å². The highest BCUT2D eigenvalue weighted by atomic mass is 35.5. The van der Waals surface area contributed by atoms with Gasteiger partial charge in [0.1, 0.15) is 5.02 Å². The molecular weight excluding hydrogens is 463 g/mol. The number of benzene rings is 2. The molecule has 11 heteroatoms.